The van der Waals surface area contributed by atoms with E-state index in [0.717, 1.165) is 0 Å². The molecule has 0 atom stereocenters. The monoisotopic (exact) mass is 261 g/mol. The molecule has 0 unspecified atom stereocenters. The van der Waals surface area contributed by atoms with Crippen molar-refractivity contribution in [3.05, 3.63) is 27.5 Å². The Morgan fingerprint density at radius 3 is 2.71 bits per heavy atom. The summed E-state index contributed by atoms with van der Waals surface area (Å²) in [5.41, 5.74) is 4.93. The molecule has 3 nitrogen and oxygen atoms in total. The highest BCUT2D eigenvalue weighted by molar-refractivity contribution is 9.10. The molecule has 1 heterocycles. The first-order valence-corrected chi connectivity index (χ1v) is 4.47. The van der Waals surface area contributed by atoms with Gasteiger partial charge in [0.15, 0.2) is 0 Å². The lowest BCUT2D eigenvalue weighted by molar-refractivity contribution is 0.145. The van der Waals surface area contributed by atoms with E-state index in [1.165, 1.54) is 6.07 Å². The summed E-state index contributed by atoms with van der Waals surface area (Å²) in [4.78, 5) is 3.59. The lowest BCUT2D eigenvalue weighted by Gasteiger charge is -2.06. The topological polar surface area (TPSA) is 62.7 Å². The Labute approximate surface area is 87.7 Å². The van der Waals surface area contributed by atoms with E-state index in [2.05, 4.69) is 20.9 Å². The van der Waals surface area contributed by atoms with Gasteiger partial charge in [-0.1, -0.05) is 0 Å². The summed E-state index contributed by atoms with van der Waals surface area (Å²) in [7, 11) is 0. The molecule has 0 fully saturated rings. The van der Waals surface area contributed by atoms with Crippen molar-refractivity contribution in [1.29, 1.82) is 5.26 Å². The standard InChI is InChI=1S/C8H6BrF2N3/c9-6-1-4(2-12)14-7(8(10)11)5(6)3-13/h1,8H,2,12H2. The fourth-order valence-corrected chi connectivity index (χ4v) is 1.51. The molecule has 0 radical (unpaired) electrons. The molecule has 0 aliphatic carbocycles. The molecule has 1 aromatic heterocycles. The smallest absolute Gasteiger partial charge is 0.281 e. The van der Waals surface area contributed by atoms with E-state index in [4.69, 9.17) is 11.0 Å². The summed E-state index contributed by atoms with van der Waals surface area (Å²) in [5.74, 6) is 0. The number of hydrogen-bond acceptors (Lipinski definition) is 3. The fraction of sp³-hybridized carbons (Fsp3) is 0.250. The van der Waals surface area contributed by atoms with Crippen molar-refractivity contribution < 1.29 is 8.78 Å². The summed E-state index contributed by atoms with van der Waals surface area (Å²) >= 11 is 3.02. The van der Waals surface area contributed by atoms with Gasteiger partial charge in [0.05, 0.1) is 11.3 Å². The first kappa shape index (κ1) is 11.0. The molecule has 0 aromatic carbocycles. The Kier molecular flexibility index (Phi) is 3.49. The van der Waals surface area contributed by atoms with E-state index in [1.54, 1.807) is 6.07 Å². The Morgan fingerprint density at radius 2 is 2.29 bits per heavy atom. The average molecular weight is 262 g/mol. The van der Waals surface area contributed by atoms with Gasteiger partial charge in [0.1, 0.15) is 11.8 Å². The minimum absolute atomic E-state index is 0.0596. The van der Waals surface area contributed by atoms with E-state index in [0.29, 0.717) is 10.2 Å². The number of pyridine rings is 1. The van der Waals surface area contributed by atoms with Gasteiger partial charge in [-0.15, -0.1) is 0 Å². The van der Waals surface area contributed by atoms with Crippen LogP contribution in [0.15, 0.2) is 10.5 Å². The number of rotatable bonds is 2. The van der Waals surface area contributed by atoms with Crippen LogP contribution >= 0.6 is 15.9 Å². The summed E-state index contributed by atoms with van der Waals surface area (Å²) in [6.07, 6.45) is -2.77. The van der Waals surface area contributed by atoms with E-state index >= 15 is 0 Å². The highest BCUT2D eigenvalue weighted by Gasteiger charge is 2.18. The van der Waals surface area contributed by atoms with Crippen LogP contribution in [0.25, 0.3) is 0 Å². The van der Waals surface area contributed by atoms with Gasteiger partial charge in [-0.2, -0.15) is 5.26 Å². The van der Waals surface area contributed by atoms with Crippen LogP contribution in [-0.2, 0) is 6.54 Å². The van der Waals surface area contributed by atoms with Crippen LogP contribution in [0.3, 0.4) is 0 Å². The lowest BCUT2D eigenvalue weighted by Crippen LogP contribution is -2.05. The molecule has 1 aromatic rings. The number of nitrogens with two attached hydrogens (primary N) is 1. The van der Waals surface area contributed by atoms with Crippen molar-refractivity contribution in [1.82, 2.24) is 4.98 Å². The second-order valence-corrected chi connectivity index (χ2v) is 3.33. The molecule has 0 saturated carbocycles. The second kappa shape index (κ2) is 4.44. The zero-order valence-electron chi connectivity index (χ0n) is 6.97. The van der Waals surface area contributed by atoms with Crippen LogP contribution in [0, 0.1) is 11.3 Å². The van der Waals surface area contributed by atoms with E-state index in [9.17, 15) is 8.78 Å². The van der Waals surface area contributed by atoms with Crippen molar-refractivity contribution >= 4 is 15.9 Å². The Morgan fingerprint density at radius 1 is 1.64 bits per heavy atom. The SMILES string of the molecule is N#Cc1c(Br)cc(CN)nc1C(F)F. The third-order valence-corrected chi connectivity index (χ3v) is 2.21. The highest BCUT2D eigenvalue weighted by Crippen LogP contribution is 2.26. The molecule has 2 N–H and O–H groups in total. The third-order valence-electron chi connectivity index (χ3n) is 1.58. The van der Waals surface area contributed by atoms with Crippen LogP contribution in [0.2, 0.25) is 0 Å². The summed E-state index contributed by atoms with van der Waals surface area (Å²) in [6, 6.07) is 3.13. The molecule has 0 aliphatic rings. The predicted octanol–water partition coefficient (Wildman–Crippen LogP) is 2.11. The van der Waals surface area contributed by atoms with Crippen molar-refractivity contribution in [3.8, 4) is 6.07 Å². The molecule has 6 heteroatoms. The molecular formula is C8H6BrF2N3. The maximum absolute atomic E-state index is 12.4. The summed E-state index contributed by atoms with van der Waals surface area (Å²) in [5, 5.41) is 8.63. The van der Waals surface area contributed by atoms with Crippen LogP contribution in [-0.4, -0.2) is 4.98 Å². The van der Waals surface area contributed by atoms with Crippen LogP contribution in [0.5, 0.6) is 0 Å². The quantitative estimate of drug-likeness (QED) is 0.887. The van der Waals surface area contributed by atoms with Crippen molar-refractivity contribution in [3.63, 3.8) is 0 Å². The van der Waals surface area contributed by atoms with Gasteiger partial charge in [-0.05, 0) is 22.0 Å². The van der Waals surface area contributed by atoms with Crippen LogP contribution in [0.4, 0.5) is 8.78 Å². The summed E-state index contributed by atoms with van der Waals surface area (Å²) < 4.78 is 25.2. The first-order valence-electron chi connectivity index (χ1n) is 3.67. The van der Waals surface area contributed by atoms with Crippen molar-refractivity contribution in [2.45, 2.75) is 13.0 Å². The summed E-state index contributed by atoms with van der Waals surface area (Å²) in [6.45, 7) is 0.0596. The molecule has 1 rings (SSSR count). The molecule has 0 bridgehead atoms. The highest BCUT2D eigenvalue weighted by atomic mass is 79.9. The van der Waals surface area contributed by atoms with Crippen LogP contribution < -0.4 is 5.73 Å². The normalized spacial score (nSPS) is 10.3. The minimum atomic E-state index is -2.77. The molecule has 0 aliphatic heterocycles. The van der Waals surface area contributed by atoms with Crippen molar-refractivity contribution in [2.24, 2.45) is 5.73 Å². The van der Waals surface area contributed by atoms with E-state index < -0.39 is 12.1 Å². The third kappa shape index (κ3) is 2.05. The molecule has 74 valence electrons. The number of aromatic nitrogens is 1. The molecule has 0 amide bonds. The fourth-order valence-electron chi connectivity index (χ4n) is 0.957. The van der Waals surface area contributed by atoms with Crippen molar-refractivity contribution in [2.75, 3.05) is 0 Å². The molecule has 0 spiro atoms. The maximum Gasteiger partial charge on any atom is 0.281 e. The van der Waals surface area contributed by atoms with E-state index in [1.807, 2.05) is 0 Å². The Bertz CT molecular complexity index is 387. The number of nitrogens with zero attached hydrogens (tertiary/aromatic N) is 2. The van der Waals surface area contributed by atoms with Gasteiger partial charge in [0.25, 0.3) is 6.43 Å². The van der Waals surface area contributed by atoms with Crippen LogP contribution in [0.1, 0.15) is 23.4 Å². The zero-order chi connectivity index (χ0) is 10.7. The van der Waals surface area contributed by atoms with Gasteiger partial charge in [0.2, 0.25) is 0 Å². The number of halogens is 3. The van der Waals surface area contributed by atoms with Gasteiger partial charge in [0, 0.05) is 11.0 Å². The Balaban J connectivity index is 3.37. The van der Waals surface area contributed by atoms with E-state index in [-0.39, 0.29) is 12.1 Å². The van der Waals surface area contributed by atoms with Gasteiger partial charge >= 0.3 is 0 Å². The average Bonchev–Trinajstić information content (AvgIpc) is 2.16. The lowest BCUT2D eigenvalue weighted by atomic mass is 10.2. The molecular weight excluding hydrogens is 256 g/mol. The number of nitriles is 1. The molecule has 0 saturated heterocycles. The minimum Gasteiger partial charge on any atom is -0.325 e. The van der Waals surface area contributed by atoms with Gasteiger partial charge in [-0.25, -0.2) is 13.8 Å². The first-order chi connectivity index (χ1) is 6.60. The second-order valence-electron chi connectivity index (χ2n) is 2.47. The molecule has 14 heavy (non-hydrogen) atoms. The van der Waals surface area contributed by atoms with Gasteiger partial charge < -0.3 is 5.73 Å². The number of hydrogen-bond donors (Lipinski definition) is 1. The number of alkyl halides is 2. The van der Waals surface area contributed by atoms with Gasteiger partial charge in [-0.3, -0.25) is 0 Å². The Hall–Kier alpha value is -1.06. The zero-order valence-corrected chi connectivity index (χ0v) is 8.55. The predicted molar refractivity (Wildman–Crippen MR) is 49.5 cm³/mol. The largest absolute Gasteiger partial charge is 0.325 e. The maximum atomic E-state index is 12.4.